The van der Waals surface area contributed by atoms with Crippen molar-refractivity contribution in [3.8, 4) is 0 Å². The maximum absolute atomic E-state index is 12.2. The number of hydrogen-bond acceptors (Lipinski definition) is 2. The lowest BCUT2D eigenvalue weighted by Crippen LogP contribution is -2.28. The molecule has 2 nitrogen and oxygen atoms in total. The number of carbonyl (C=O) groups excluding carboxylic acids is 1. The van der Waals surface area contributed by atoms with Gasteiger partial charge in [0, 0.05) is 25.1 Å². The van der Waals surface area contributed by atoms with Gasteiger partial charge in [0.2, 0.25) is 0 Å². The highest BCUT2D eigenvalue weighted by molar-refractivity contribution is 6.33. The van der Waals surface area contributed by atoms with Gasteiger partial charge >= 0.3 is 0 Å². The Hall–Kier alpha value is -0.860. The van der Waals surface area contributed by atoms with Crippen LogP contribution in [-0.2, 0) is 0 Å². The van der Waals surface area contributed by atoms with Gasteiger partial charge in [-0.15, -0.1) is 0 Å². The molecule has 1 aromatic rings. The van der Waals surface area contributed by atoms with Crippen LogP contribution in [0.3, 0.4) is 0 Å². The monoisotopic (exact) mass is 293 g/mol. The highest BCUT2D eigenvalue weighted by Gasteiger charge is 2.34. The maximum atomic E-state index is 12.2. The van der Waals surface area contributed by atoms with E-state index in [0.717, 1.165) is 19.6 Å². The van der Waals surface area contributed by atoms with Crippen molar-refractivity contribution in [2.75, 3.05) is 19.6 Å². The van der Waals surface area contributed by atoms with Gasteiger partial charge in [-0.25, -0.2) is 0 Å². The molecule has 0 N–H and O–H groups in total. The minimum absolute atomic E-state index is 0.154. The van der Waals surface area contributed by atoms with Gasteiger partial charge in [0.25, 0.3) is 0 Å². The van der Waals surface area contributed by atoms with Crippen LogP contribution < -0.4 is 0 Å². The molecule has 1 fully saturated rings. The zero-order chi connectivity index (χ0) is 14.6. The van der Waals surface area contributed by atoms with E-state index in [2.05, 4.69) is 18.7 Å². The second-order valence-electron chi connectivity index (χ2n) is 5.89. The van der Waals surface area contributed by atoms with Crippen molar-refractivity contribution in [2.45, 2.75) is 39.5 Å². The quantitative estimate of drug-likeness (QED) is 0.723. The summed E-state index contributed by atoms with van der Waals surface area (Å²) in [6, 6.07) is 7.32. The Morgan fingerprint density at radius 1 is 1.30 bits per heavy atom. The molecule has 3 heteroatoms. The summed E-state index contributed by atoms with van der Waals surface area (Å²) >= 11 is 6.07. The summed E-state index contributed by atoms with van der Waals surface area (Å²) in [6.45, 7) is 7.67. The Labute approximate surface area is 127 Å². The van der Waals surface area contributed by atoms with Crippen molar-refractivity contribution >= 4 is 17.4 Å². The maximum Gasteiger partial charge on any atom is 0.165 e. The smallest absolute Gasteiger partial charge is 0.165 e. The molecule has 1 aliphatic rings. The first kappa shape index (κ1) is 15.5. The van der Waals surface area contributed by atoms with Gasteiger partial charge in [0.15, 0.2) is 5.78 Å². The van der Waals surface area contributed by atoms with Crippen molar-refractivity contribution in [3.63, 3.8) is 0 Å². The van der Waals surface area contributed by atoms with Gasteiger partial charge in [0.05, 0.1) is 5.02 Å². The van der Waals surface area contributed by atoms with E-state index in [1.807, 2.05) is 18.2 Å². The molecule has 0 aliphatic carbocycles. The summed E-state index contributed by atoms with van der Waals surface area (Å²) in [5.41, 5.74) is 1.14. The van der Waals surface area contributed by atoms with E-state index in [9.17, 15) is 4.79 Å². The summed E-state index contributed by atoms with van der Waals surface area (Å²) in [5.74, 6) is 0.154. The average Bonchev–Trinajstić information content (AvgIpc) is 2.89. The first-order valence-electron chi connectivity index (χ1n) is 7.60. The molecule has 0 saturated carbocycles. The second-order valence-corrected chi connectivity index (χ2v) is 6.29. The third kappa shape index (κ3) is 3.42. The molecule has 1 saturated heterocycles. The van der Waals surface area contributed by atoms with Crippen LogP contribution in [0.2, 0.25) is 5.02 Å². The highest BCUT2D eigenvalue weighted by Crippen LogP contribution is 2.36. The molecule has 1 heterocycles. The Balaban J connectivity index is 1.88. The molecule has 1 aromatic carbocycles. The summed E-state index contributed by atoms with van der Waals surface area (Å²) in [6.07, 6.45) is 4.30. The largest absolute Gasteiger partial charge is 0.302 e. The third-order valence-electron chi connectivity index (χ3n) is 4.85. The van der Waals surface area contributed by atoms with E-state index in [1.165, 1.54) is 19.3 Å². The van der Waals surface area contributed by atoms with Gasteiger partial charge < -0.3 is 4.90 Å². The number of nitrogens with zero attached hydrogens (tertiary/aromatic N) is 1. The number of likely N-dealkylation sites (tertiary alicyclic amines) is 1. The van der Waals surface area contributed by atoms with E-state index < -0.39 is 0 Å². The molecule has 2 rings (SSSR count). The highest BCUT2D eigenvalue weighted by atomic mass is 35.5. The molecule has 0 bridgehead atoms. The lowest BCUT2D eigenvalue weighted by Gasteiger charge is -2.26. The lowest BCUT2D eigenvalue weighted by molar-refractivity contribution is 0.0966. The molecule has 0 amide bonds. The predicted octanol–water partition coefficient (Wildman–Crippen LogP) is 4.42. The zero-order valence-electron chi connectivity index (χ0n) is 12.5. The van der Waals surface area contributed by atoms with Gasteiger partial charge in [0.1, 0.15) is 0 Å². The first-order valence-corrected chi connectivity index (χ1v) is 7.98. The van der Waals surface area contributed by atoms with Gasteiger partial charge in [-0.1, -0.05) is 37.6 Å². The molecule has 0 atom stereocenters. The molecule has 1 aliphatic heterocycles. The fourth-order valence-corrected chi connectivity index (χ4v) is 3.37. The average molecular weight is 294 g/mol. The Morgan fingerprint density at radius 3 is 2.60 bits per heavy atom. The molecule has 0 spiro atoms. The van der Waals surface area contributed by atoms with Crippen LogP contribution in [0.25, 0.3) is 0 Å². The molecule has 0 radical (unpaired) electrons. The van der Waals surface area contributed by atoms with E-state index in [1.54, 1.807) is 6.07 Å². The summed E-state index contributed by atoms with van der Waals surface area (Å²) in [5, 5.41) is 0.565. The number of Topliss-reactive ketones (excluding diaryl/α,β-unsaturated/α-hetero) is 1. The number of ketones is 1. The van der Waals surface area contributed by atoms with Crippen LogP contribution in [-0.4, -0.2) is 30.3 Å². The minimum Gasteiger partial charge on any atom is -0.302 e. The second kappa shape index (κ2) is 6.73. The molecule has 20 heavy (non-hydrogen) atoms. The fourth-order valence-electron chi connectivity index (χ4n) is 3.13. The van der Waals surface area contributed by atoms with Crippen molar-refractivity contribution in [1.29, 1.82) is 0 Å². The standard InChI is InChI=1S/C17H24ClNO/c1-3-17(4-2)10-12-19(13-17)11-9-16(20)14-7-5-6-8-15(14)18/h5-8H,3-4,9-13H2,1-2H3. The minimum atomic E-state index is 0.154. The molecule has 110 valence electrons. The predicted molar refractivity (Wildman–Crippen MR) is 84.5 cm³/mol. The van der Waals surface area contributed by atoms with Crippen LogP contribution in [0.4, 0.5) is 0 Å². The Bertz CT molecular complexity index is 468. The number of carbonyl (C=O) groups is 1. The van der Waals surface area contributed by atoms with E-state index >= 15 is 0 Å². The van der Waals surface area contributed by atoms with Gasteiger partial charge in [-0.3, -0.25) is 4.79 Å². The molecule has 0 unspecified atom stereocenters. The van der Waals surface area contributed by atoms with Gasteiger partial charge in [-0.05, 0) is 43.4 Å². The fraction of sp³-hybridized carbons (Fsp3) is 0.588. The molecule has 0 aromatic heterocycles. The summed E-state index contributed by atoms with van der Waals surface area (Å²) in [4.78, 5) is 14.6. The number of benzene rings is 1. The number of hydrogen-bond donors (Lipinski definition) is 0. The van der Waals surface area contributed by atoms with E-state index in [-0.39, 0.29) is 5.78 Å². The summed E-state index contributed by atoms with van der Waals surface area (Å²) < 4.78 is 0. The first-order chi connectivity index (χ1) is 9.60. The van der Waals surface area contributed by atoms with E-state index in [4.69, 9.17) is 11.6 Å². The van der Waals surface area contributed by atoms with Gasteiger partial charge in [-0.2, -0.15) is 0 Å². The molecular weight excluding hydrogens is 270 g/mol. The number of rotatable bonds is 6. The van der Waals surface area contributed by atoms with Crippen LogP contribution >= 0.6 is 11.6 Å². The van der Waals surface area contributed by atoms with Crippen molar-refractivity contribution < 1.29 is 4.79 Å². The van der Waals surface area contributed by atoms with Crippen molar-refractivity contribution in [2.24, 2.45) is 5.41 Å². The van der Waals surface area contributed by atoms with Crippen molar-refractivity contribution in [1.82, 2.24) is 4.90 Å². The summed E-state index contributed by atoms with van der Waals surface area (Å²) in [7, 11) is 0. The zero-order valence-corrected chi connectivity index (χ0v) is 13.2. The number of halogens is 1. The topological polar surface area (TPSA) is 20.3 Å². The van der Waals surface area contributed by atoms with Crippen LogP contribution in [0.1, 0.15) is 49.9 Å². The SMILES string of the molecule is CCC1(CC)CCN(CCC(=O)c2ccccc2Cl)C1. The Morgan fingerprint density at radius 2 is 2.00 bits per heavy atom. The molecular formula is C17H24ClNO. The Kier molecular flexibility index (Phi) is 5.22. The van der Waals surface area contributed by atoms with Crippen LogP contribution in [0, 0.1) is 5.41 Å². The van der Waals surface area contributed by atoms with Crippen LogP contribution in [0.5, 0.6) is 0 Å². The van der Waals surface area contributed by atoms with Crippen LogP contribution in [0.15, 0.2) is 24.3 Å². The van der Waals surface area contributed by atoms with Crippen molar-refractivity contribution in [3.05, 3.63) is 34.9 Å². The lowest BCUT2D eigenvalue weighted by atomic mass is 9.82. The normalized spacial score (nSPS) is 18.4. The van der Waals surface area contributed by atoms with E-state index in [0.29, 0.717) is 22.4 Å². The third-order valence-corrected chi connectivity index (χ3v) is 5.18.